The molecule has 0 saturated carbocycles. The zero-order valence-electron chi connectivity index (χ0n) is 11.2. The average molecular weight is 269 g/mol. The zero-order chi connectivity index (χ0) is 13.4. The number of carbonyl (C=O) groups is 1. The van der Waals surface area contributed by atoms with Gasteiger partial charge in [-0.2, -0.15) is 0 Å². The molecule has 0 fully saturated rings. The summed E-state index contributed by atoms with van der Waals surface area (Å²) in [6, 6.07) is 5.73. The number of rotatable bonds is 8. The topological polar surface area (TPSA) is 26.3 Å². The molecule has 18 heavy (non-hydrogen) atoms. The van der Waals surface area contributed by atoms with Crippen molar-refractivity contribution in [2.24, 2.45) is 0 Å². The van der Waals surface area contributed by atoms with Gasteiger partial charge in [0.1, 0.15) is 5.75 Å². The van der Waals surface area contributed by atoms with Gasteiger partial charge < -0.3 is 4.74 Å². The lowest BCUT2D eigenvalue weighted by molar-refractivity contribution is 0.101. The number of hydrogen-bond donors (Lipinski definition) is 0. The van der Waals surface area contributed by atoms with Crippen LogP contribution >= 0.6 is 11.6 Å². The first kappa shape index (κ1) is 15.0. The Morgan fingerprint density at radius 2 is 1.94 bits per heavy atom. The maximum atomic E-state index is 11.5. The molecule has 0 radical (unpaired) electrons. The summed E-state index contributed by atoms with van der Waals surface area (Å²) in [5, 5.41) is 0. The summed E-state index contributed by atoms with van der Waals surface area (Å²) in [6.45, 7) is 4.20. The molecule has 100 valence electrons. The summed E-state index contributed by atoms with van der Waals surface area (Å²) in [5.74, 6) is 1.48. The maximum absolute atomic E-state index is 11.5. The van der Waals surface area contributed by atoms with E-state index in [9.17, 15) is 4.79 Å². The molecule has 0 aliphatic carbocycles. The maximum Gasteiger partial charge on any atom is 0.163 e. The van der Waals surface area contributed by atoms with Crippen molar-refractivity contribution in [1.29, 1.82) is 0 Å². The Labute approximate surface area is 114 Å². The highest BCUT2D eigenvalue weighted by atomic mass is 35.5. The summed E-state index contributed by atoms with van der Waals surface area (Å²) in [5.41, 5.74) is 1.76. The molecule has 0 aliphatic heterocycles. The van der Waals surface area contributed by atoms with Crippen LogP contribution in [0.25, 0.3) is 0 Å². The van der Waals surface area contributed by atoms with Crippen molar-refractivity contribution >= 4 is 17.4 Å². The van der Waals surface area contributed by atoms with E-state index >= 15 is 0 Å². The number of aryl methyl sites for hydroxylation is 1. The Kier molecular flexibility index (Phi) is 6.81. The van der Waals surface area contributed by atoms with Crippen molar-refractivity contribution in [2.45, 2.75) is 39.5 Å². The summed E-state index contributed by atoms with van der Waals surface area (Å²) >= 11 is 5.61. The number of halogens is 1. The molecule has 0 spiro atoms. The summed E-state index contributed by atoms with van der Waals surface area (Å²) < 4.78 is 5.68. The number of benzene rings is 1. The fourth-order valence-electron chi connectivity index (χ4n) is 1.78. The largest absolute Gasteiger partial charge is 0.493 e. The fraction of sp³-hybridized carbons (Fsp3) is 0.533. The molecule has 1 aromatic carbocycles. The second-order valence-electron chi connectivity index (χ2n) is 4.51. The molecule has 0 atom stereocenters. The first-order chi connectivity index (χ1) is 8.65. The number of hydrogen-bond acceptors (Lipinski definition) is 2. The minimum absolute atomic E-state index is 0.0517. The van der Waals surface area contributed by atoms with Crippen molar-refractivity contribution in [2.75, 3.05) is 12.5 Å². The summed E-state index contributed by atoms with van der Waals surface area (Å²) in [4.78, 5) is 11.5. The number of ether oxygens (including phenoxy) is 1. The zero-order valence-corrected chi connectivity index (χ0v) is 11.9. The van der Waals surface area contributed by atoms with E-state index < -0.39 is 0 Å². The van der Waals surface area contributed by atoms with Gasteiger partial charge >= 0.3 is 0 Å². The van der Waals surface area contributed by atoms with Gasteiger partial charge in [-0.05, 0) is 38.8 Å². The van der Waals surface area contributed by atoms with Gasteiger partial charge in [-0.3, -0.25) is 4.79 Å². The third-order valence-corrected chi connectivity index (χ3v) is 3.07. The first-order valence-electron chi connectivity index (χ1n) is 6.45. The Morgan fingerprint density at radius 1 is 1.22 bits per heavy atom. The van der Waals surface area contributed by atoms with Gasteiger partial charge in [0, 0.05) is 5.88 Å². The van der Waals surface area contributed by atoms with Gasteiger partial charge in [-0.15, -0.1) is 11.6 Å². The van der Waals surface area contributed by atoms with Crippen LogP contribution in [0.1, 0.15) is 48.5 Å². The molecule has 3 heteroatoms. The number of unbranched alkanes of at least 4 members (excludes halogenated alkanes) is 3. The lowest BCUT2D eigenvalue weighted by Crippen LogP contribution is -2.03. The fourth-order valence-corrected chi connectivity index (χ4v) is 1.97. The van der Waals surface area contributed by atoms with Crippen LogP contribution in [-0.4, -0.2) is 18.3 Å². The molecular formula is C15H21ClO2. The Morgan fingerprint density at radius 3 is 2.61 bits per heavy atom. The average Bonchev–Trinajstić information content (AvgIpc) is 2.35. The van der Waals surface area contributed by atoms with Crippen LogP contribution in [-0.2, 0) is 0 Å². The SMILES string of the molecule is CC(=O)c1cc(C)ccc1OCCCCCCCl. The second kappa shape index (κ2) is 8.15. The van der Waals surface area contributed by atoms with Crippen LogP contribution in [0.4, 0.5) is 0 Å². The molecule has 0 bridgehead atoms. The van der Waals surface area contributed by atoms with Crippen LogP contribution in [0.2, 0.25) is 0 Å². The van der Waals surface area contributed by atoms with E-state index in [1.165, 1.54) is 0 Å². The van der Waals surface area contributed by atoms with E-state index in [1.807, 2.05) is 25.1 Å². The highest BCUT2D eigenvalue weighted by molar-refractivity contribution is 6.17. The number of alkyl halides is 1. The molecule has 0 heterocycles. The number of carbonyl (C=O) groups excluding carboxylic acids is 1. The van der Waals surface area contributed by atoms with Crippen LogP contribution < -0.4 is 4.74 Å². The van der Waals surface area contributed by atoms with Crippen molar-refractivity contribution < 1.29 is 9.53 Å². The van der Waals surface area contributed by atoms with E-state index in [-0.39, 0.29) is 5.78 Å². The molecule has 1 rings (SSSR count). The van der Waals surface area contributed by atoms with Crippen LogP contribution in [0.3, 0.4) is 0 Å². The monoisotopic (exact) mass is 268 g/mol. The number of Topliss-reactive ketones (excluding diaryl/α,β-unsaturated/α-hetero) is 1. The van der Waals surface area contributed by atoms with Gasteiger partial charge in [0.2, 0.25) is 0 Å². The molecule has 0 saturated heterocycles. The minimum atomic E-state index is 0.0517. The Balaban J connectivity index is 2.44. The second-order valence-corrected chi connectivity index (χ2v) is 4.89. The van der Waals surface area contributed by atoms with Crippen molar-refractivity contribution in [1.82, 2.24) is 0 Å². The highest BCUT2D eigenvalue weighted by Crippen LogP contribution is 2.21. The van der Waals surface area contributed by atoms with Crippen molar-refractivity contribution in [3.05, 3.63) is 29.3 Å². The molecule has 1 aromatic rings. The van der Waals surface area contributed by atoms with E-state index in [4.69, 9.17) is 16.3 Å². The first-order valence-corrected chi connectivity index (χ1v) is 6.99. The molecule has 0 unspecified atom stereocenters. The van der Waals surface area contributed by atoms with Crippen LogP contribution in [0.5, 0.6) is 5.75 Å². The van der Waals surface area contributed by atoms with Gasteiger partial charge in [-0.1, -0.05) is 24.5 Å². The molecule has 0 aliphatic rings. The van der Waals surface area contributed by atoms with Crippen molar-refractivity contribution in [3.63, 3.8) is 0 Å². The highest BCUT2D eigenvalue weighted by Gasteiger charge is 2.08. The summed E-state index contributed by atoms with van der Waals surface area (Å²) in [7, 11) is 0. The molecular weight excluding hydrogens is 248 g/mol. The molecule has 0 N–H and O–H groups in total. The van der Waals surface area contributed by atoms with Crippen molar-refractivity contribution in [3.8, 4) is 5.75 Å². The van der Waals surface area contributed by atoms with Gasteiger partial charge in [0.05, 0.1) is 12.2 Å². The summed E-state index contributed by atoms with van der Waals surface area (Å²) in [6.07, 6.45) is 4.32. The predicted octanol–water partition coefficient (Wildman–Crippen LogP) is 4.38. The predicted molar refractivity (Wildman–Crippen MR) is 75.9 cm³/mol. The number of ketones is 1. The normalized spacial score (nSPS) is 10.4. The Bertz CT molecular complexity index is 388. The van der Waals surface area contributed by atoms with Gasteiger partial charge in [0.15, 0.2) is 5.78 Å². The quantitative estimate of drug-likeness (QED) is 0.397. The smallest absolute Gasteiger partial charge is 0.163 e. The third-order valence-electron chi connectivity index (χ3n) is 2.80. The van der Waals surface area contributed by atoms with Gasteiger partial charge in [-0.25, -0.2) is 0 Å². The van der Waals surface area contributed by atoms with E-state index in [2.05, 4.69) is 0 Å². The van der Waals surface area contributed by atoms with Crippen LogP contribution in [0.15, 0.2) is 18.2 Å². The van der Waals surface area contributed by atoms with Gasteiger partial charge in [0.25, 0.3) is 0 Å². The molecule has 0 aromatic heterocycles. The van der Waals surface area contributed by atoms with E-state index in [1.54, 1.807) is 6.92 Å². The Hall–Kier alpha value is -1.02. The third kappa shape index (κ3) is 5.09. The molecule has 2 nitrogen and oxygen atoms in total. The van der Waals surface area contributed by atoms with E-state index in [0.29, 0.717) is 17.9 Å². The van der Waals surface area contributed by atoms with E-state index in [0.717, 1.165) is 37.1 Å². The lowest BCUT2D eigenvalue weighted by Gasteiger charge is -2.10. The molecule has 0 amide bonds. The minimum Gasteiger partial charge on any atom is -0.493 e. The van der Waals surface area contributed by atoms with Crippen LogP contribution in [0, 0.1) is 6.92 Å². The standard InChI is InChI=1S/C15H21ClO2/c1-12-7-8-15(14(11-12)13(2)17)18-10-6-4-3-5-9-16/h7-8,11H,3-6,9-10H2,1-2H3. The lowest BCUT2D eigenvalue weighted by atomic mass is 10.1.